The van der Waals surface area contributed by atoms with Gasteiger partial charge in [-0.2, -0.15) is 0 Å². The van der Waals surface area contributed by atoms with Gasteiger partial charge in [-0.05, 0) is 61.0 Å². The largest absolute Gasteiger partial charge is 0.507 e. The summed E-state index contributed by atoms with van der Waals surface area (Å²) in [5.41, 5.74) is 2.72. The Morgan fingerprint density at radius 1 is 1.06 bits per heavy atom. The van der Waals surface area contributed by atoms with E-state index in [2.05, 4.69) is 10.3 Å². The van der Waals surface area contributed by atoms with Gasteiger partial charge in [0.05, 0.1) is 24.3 Å². The molecule has 1 saturated heterocycles. The third kappa shape index (κ3) is 4.13. The van der Waals surface area contributed by atoms with Gasteiger partial charge in [-0.15, -0.1) is 0 Å². The second kappa shape index (κ2) is 9.19. The average molecular weight is 457 g/mol. The third-order valence-electron chi connectivity index (χ3n) is 5.54. The highest BCUT2D eigenvalue weighted by molar-refractivity contribution is 6.51. The number of hydrogen-bond donors (Lipinski definition) is 2. The molecule has 1 unspecified atom stereocenters. The third-order valence-corrected chi connectivity index (χ3v) is 5.54. The summed E-state index contributed by atoms with van der Waals surface area (Å²) < 4.78 is 5.39. The summed E-state index contributed by atoms with van der Waals surface area (Å²) in [4.78, 5) is 43.2. The molecule has 1 aliphatic heterocycles. The topological polar surface area (TPSA) is 109 Å². The summed E-state index contributed by atoms with van der Waals surface area (Å²) in [6.45, 7) is 3.25. The Balaban J connectivity index is 1.90. The second-order valence-electron chi connectivity index (χ2n) is 7.88. The van der Waals surface area contributed by atoms with Gasteiger partial charge in [0.15, 0.2) is 0 Å². The molecular weight excluding hydrogens is 434 g/mol. The lowest BCUT2D eigenvalue weighted by molar-refractivity contribution is -0.132. The summed E-state index contributed by atoms with van der Waals surface area (Å²) in [5.74, 6) is -1.76. The fraction of sp³-hybridized carbons (Fsp3) is 0.154. The van der Waals surface area contributed by atoms with Gasteiger partial charge < -0.3 is 15.2 Å². The lowest BCUT2D eigenvalue weighted by atomic mass is 9.95. The van der Waals surface area contributed by atoms with Crippen LogP contribution in [0.3, 0.4) is 0 Å². The van der Waals surface area contributed by atoms with Crippen molar-refractivity contribution >= 4 is 34.7 Å². The maximum Gasteiger partial charge on any atom is 0.300 e. The second-order valence-corrected chi connectivity index (χ2v) is 7.88. The standard InChI is InChI=1S/C26H23N3O5/c1-15-4-9-21(34-3)20(14-15)24(31)22-23(17-10-12-27-13-11-17)29(26(33)25(22)32)19-7-5-18(6-8-19)28-16(2)30/h4-14,23,31H,1-3H3,(H,28,30)/b24-22+. The molecule has 8 nitrogen and oxygen atoms in total. The van der Waals surface area contributed by atoms with Gasteiger partial charge in [0.25, 0.3) is 11.7 Å². The Morgan fingerprint density at radius 2 is 1.74 bits per heavy atom. The molecule has 0 saturated carbocycles. The van der Waals surface area contributed by atoms with Crippen LogP contribution in [0.2, 0.25) is 0 Å². The molecule has 0 bridgehead atoms. The number of aromatic nitrogens is 1. The van der Waals surface area contributed by atoms with Crippen molar-refractivity contribution in [3.63, 3.8) is 0 Å². The van der Waals surface area contributed by atoms with E-state index >= 15 is 0 Å². The van der Waals surface area contributed by atoms with Crippen molar-refractivity contribution in [3.8, 4) is 5.75 Å². The molecule has 0 radical (unpaired) electrons. The average Bonchev–Trinajstić information content (AvgIpc) is 3.10. The minimum absolute atomic E-state index is 0.0500. The number of amides is 2. The van der Waals surface area contributed by atoms with E-state index in [1.165, 1.54) is 18.9 Å². The van der Waals surface area contributed by atoms with Crippen molar-refractivity contribution < 1.29 is 24.2 Å². The van der Waals surface area contributed by atoms with Crippen LogP contribution in [0.4, 0.5) is 11.4 Å². The number of nitrogens with zero attached hydrogens (tertiary/aromatic N) is 2. The number of aliphatic hydroxyl groups is 1. The zero-order valence-corrected chi connectivity index (χ0v) is 18.9. The van der Waals surface area contributed by atoms with E-state index in [9.17, 15) is 19.5 Å². The number of hydrogen-bond acceptors (Lipinski definition) is 6. The van der Waals surface area contributed by atoms with Gasteiger partial charge >= 0.3 is 0 Å². The molecule has 8 heteroatoms. The van der Waals surface area contributed by atoms with E-state index in [1.807, 2.05) is 13.0 Å². The maximum absolute atomic E-state index is 13.3. The summed E-state index contributed by atoms with van der Waals surface area (Å²) in [6, 6.07) is 14.3. The first-order valence-electron chi connectivity index (χ1n) is 10.6. The number of nitrogens with one attached hydrogen (secondary N) is 1. The van der Waals surface area contributed by atoms with Crippen LogP contribution in [0.5, 0.6) is 5.75 Å². The number of benzene rings is 2. The SMILES string of the molecule is COc1ccc(C)cc1/C(O)=C1\C(=O)C(=O)N(c2ccc(NC(C)=O)cc2)C1c1ccncc1. The van der Waals surface area contributed by atoms with E-state index in [4.69, 9.17) is 4.74 Å². The monoisotopic (exact) mass is 457 g/mol. The quantitative estimate of drug-likeness (QED) is 0.341. The molecule has 4 rings (SSSR count). The summed E-state index contributed by atoms with van der Waals surface area (Å²) in [6.07, 6.45) is 3.12. The van der Waals surface area contributed by atoms with Gasteiger partial charge in [0.1, 0.15) is 11.5 Å². The first-order valence-corrected chi connectivity index (χ1v) is 10.6. The van der Waals surface area contributed by atoms with Gasteiger partial charge in [-0.1, -0.05) is 11.6 Å². The minimum atomic E-state index is -0.889. The van der Waals surface area contributed by atoms with Crippen molar-refractivity contribution in [1.29, 1.82) is 0 Å². The lowest BCUT2D eigenvalue weighted by Gasteiger charge is -2.25. The molecular formula is C26H23N3O5. The molecule has 2 amide bonds. The first kappa shape index (κ1) is 22.7. The normalized spacial score (nSPS) is 17.0. The Kier molecular flexibility index (Phi) is 6.14. The molecule has 2 aromatic carbocycles. The zero-order valence-electron chi connectivity index (χ0n) is 18.9. The Morgan fingerprint density at radius 3 is 2.35 bits per heavy atom. The molecule has 1 aliphatic rings. The van der Waals surface area contributed by atoms with Crippen LogP contribution < -0.4 is 15.0 Å². The zero-order chi connectivity index (χ0) is 24.4. The van der Waals surface area contributed by atoms with Gasteiger partial charge in [-0.3, -0.25) is 24.3 Å². The number of pyridine rings is 1. The number of ether oxygens (including phenoxy) is 1. The van der Waals surface area contributed by atoms with Crippen molar-refractivity contribution in [3.05, 3.63) is 89.3 Å². The molecule has 2 heterocycles. The highest BCUT2D eigenvalue weighted by atomic mass is 16.5. The molecule has 1 fully saturated rings. The Hall–Kier alpha value is -4.46. The summed E-state index contributed by atoms with van der Waals surface area (Å²) in [7, 11) is 1.47. The molecule has 34 heavy (non-hydrogen) atoms. The van der Waals surface area contributed by atoms with Crippen LogP contribution in [-0.4, -0.2) is 34.8 Å². The number of aryl methyl sites for hydroxylation is 1. The molecule has 1 aromatic heterocycles. The number of aliphatic hydroxyl groups excluding tert-OH is 1. The number of methoxy groups -OCH3 is 1. The fourth-order valence-corrected chi connectivity index (χ4v) is 4.02. The molecule has 0 aliphatic carbocycles. The molecule has 0 spiro atoms. The van der Waals surface area contributed by atoms with Crippen LogP contribution >= 0.6 is 0 Å². The lowest BCUT2D eigenvalue weighted by Crippen LogP contribution is -2.29. The molecule has 172 valence electrons. The molecule has 3 aromatic rings. The van der Waals surface area contributed by atoms with Gasteiger partial charge in [0.2, 0.25) is 5.91 Å². The number of ketones is 1. The van der Waals surface area contributed by atoms with Crippen molar-refractivity contribution in [1.82, 2.24) is 4.98 Å². The van der Waals surface area contributed by atoms with E-state index < -0.39 is 17.7 Å². The summed E-state index contributed by atoms with van der Waals surface area (Å²) in [5, 5.41) is 14.0. The van der Waals surface area contributed by atoms with Crippen molar-refractivity contribution in [2.24, 2.45) is 0 Å². The number of carbonyl (C=O) groups is 3. The van der Waals surface area contributed by atoms with E-state index in [0.29, 0.717) is 28.3 Å². The van der Waals surface area contributed by atoms with Crippen LogP contribution in [0.1, 0.15) is 29.7 Å². The Bertz CT molecular complexity index is 1300. The van der Waals surface area contributed by atoms with Crippen LogP contribution in [0.15, 0.2) is 72.6 Å². The predicted octanol–water partition coefficient (Wildman–Crippen LogP) is 3.98. The highest BCUT2D eigenvalue weighted by Crippen LogP contribution is 2.43. The number of rotatable bonds is 5. The summed E-state index contributed by atoms with van der Waals surface area (Å²) >= 11 is 0. The van der Waals surface area contributed by atoms with Crippen molar-refractivity contribution in [2.45, 2.75) is 19.9 Å². The van der Waals surface area contributed by atoms with Gasteiger partial charge in [-0.25, -0.2) is 0 Å². The van der Waals surface area contributed by atoms with Crippen LogP contribution in [-0.2, 0) is 14.4 Å². The van der Waals surface area contributed by atoms with Crippen LogP contribution in [0, 0.1) is 6.92 Å². The Labute approximate surface area is 196 Å². The van der Waals surface area contributed by atoms with Gasteiger partial charge in [0, 0.05) is 30.7 Å². The first-order chi connectivity index (χ1) is 16.3. The molecule has 1 atom stereocenters. The van der Waals surface area contributed by atoms with Crippen LogP contribution in [0.25, 0.3) is 5.76 Å². The predicted molar refractivity (Wildman–Crippen MR) is 127 cm³/mol. The van der Waals surface area contributed by atoms with E-state index in [-0.39, 0.29) is 17.2 Å². The number of Topliss-reactive ketones (excluding diaryl/α,β-unsaturated/α-hetero) is 1. The van der Waals surface area contributed by atoms with E-state index in [0.717, 1.165) is 5.56 Å². The van der Waals surface area contributed by atoms with Crippen molar-refractivity contribution in [2.75, 3.05) is 17.3 Å². The van der Waals surface area contributed by atoms with E-state index in [1.54, 1.807) is 60.9 Å². The number of carbonyl (C=O) groups excluding carboxylic acids is 3. The molecule has 2 N–H and O–H groups in total. The number of anilines is 2. The smallest absolute Gasteiger partial charge is 0.300 e. The minimum Gasteiger partial charge on any atom is -0.507 e. The fourth-order valence-electron chi connectivity index (χ4n) is 4.02. The maximum atomic E-state index is 13.3. The highest BCUT2D eigenvalue weighted by Gasteiger charge is 2.47.